The summed E-state index contributed by atoms with van der Waals surface area (Å²) < 4.78 is 1.15. The van der Waals surface area contributed by atoms with Crippen molar-refractivity contribution in [3.63, 3.8) is 0 Å². The van der Waals surface area contributed by atoms with Gasteiger partial charge in [0.15, 0.2) is 0 Å². The minimum atomic E-state index is 0.105. The monoisotopic (exact) mass is 286 g/mol. The lowest BCUT2D eigenvalue weighted by Crippen LogP contribution is -2.24. The Labute approximate surface area is 103 Å². The molecule has 2 nitrogen and oxygen atoms in total. The van der Waals surface area contributed by atoms with Crippen LogP contribution in [0.4, 0.5) is 0 Å². The van der Waals surface area contributed by atoms with Crippen molar-refractivity contribution in [3.05, 3.63) is 20.8 Å². The minimum Gasteiger partial charge on any atom is -0.311 e. The molecule has 1 aromatic heterocycles. The van der Waals surface area contributed by atoms with Gasteiger partial charge in [0.1, 0.15) is 0 Å². The van der Waals surface area contributed by atoms with E-state index in [2.05, 4.69) is 47.2 Å². The van der Waals surface area contributed by atoms with Gasteiger partial charge in [-0.15, -0.1) is 11.3 Å². The molecule has 0 fully saturated rings. The van der Waals surface area contributed by atoms with Crippen LogP contribution in [0.5, 0.6) is 0 Å². The molecule has 1 heterocycles. The van der Waals surface area contributed by atoms with E-state index in [9.17, 15) is 0 Å². The molecule has 82 valence electrons. The van der Waals surface area contributed by atoms with Crippen LogP contribution in [0.2, 0.25) is 0 Å². The minimum absolute atomic E-state index is 0.105. The molecule has 0 radical (unpaired) electrons. The normalized spacial score (nSPS) is 12.7. The zero-order valence-corrected chi connectivity index (χ0v) is 11.4. The molecule has 0 amide bonds. The molecule has 4 heteroatoms. The van der Waals surface area contributed by atoms with Gasteiger partial charge in [0, 0.05) is 18.0 Å². The first kappa shape index (κ1) is 12.7. The molecule has 0 aliphatic rings. The van der Waals surface area contributed by atoms with E-state index < -0.39 is 0 Å². The fourth-order valence-electron chi connectivity index (χ4n) is 1.23. The molecule has 0 aromatic carbocycles. The number of thiophene rings is 1. The summed E-state index contributed by atoms with van der Waals surface area (Å²) in [5, 5.41) is 12.2. The summed E-state index contributed by atoms with van der Waals surface area (Å²) in [5.41, 5.74) is 0. The van der Waals surface area contributed by atoms with E-state index in [0.29, 0.717) is 5.92 Å². The Kier molecular flexibility index (Phi) is 5.30. The lowest BCUT2D eigenvalue weighted by atomic mass is 9.98. The molecule has 0 aliphatic heterocycles. The van der Waals surface area contributed by atoms with Crippen molar-refractivity contribution in [2.75, 3.05) is 6.54 Å². The summed E-state index contributed by atoms with van der Waals surface area (Å²) in [6.45, 7) is 5.78. The fraction of sp³-hybridized carbons (Fsp3) is 0.545. The Morgan fingerprint density at radius 3 is 2.73 bits per heavy atom. The molecule has 1 aromatic rings. The lowest BCUT2D eigenvalue weighted by Gasteiger charge is -2.12. The van der Waals surface area contributed by atoms with E-state index in [-0.39, 0.29) is 5.92 Å². The van der Waals surface area contributed by atoms with Gasteiger partial charge in [-0.3, -0.25) is 0 Å². The molecule has 0 saturated carbocycles. The predicted octanol–water partition coefficient (Wildman–Crippen LogP) is 3.40. The van der Waals surface area contributed by atoms with Crippen LogP contribution in [-0.2, 0) is 6.54 Å². The highest BCUT2D eigenvalue weighted by atomic mass is 79.9. The number of rotatable bonds is 5. The van der Waals surface area contributed by atoms with Crippen molar-refractivity contribution in [2.45, 2.75) is 20.4 Å². The van der Waals surface area contributed by atoms with Crippen LogP contribution in [0.15, 0.2) is 15.9 Å². The molecule has 0 spiro atoms. The van der Waals surface area contributed by atoms with Crippen LogP contribution in [0.1, 0.15) is 18.7 Å². The molecule has 15 heavy (non-hydrogen) atoms. The average Bonchev–Trinajstić information content (AvgIpc) is 2.58. The quantitative estimate of drug-likeness (QED) is 0.901. The summed E-state index contributed by atoms with van der Waals surface area (Å²) in [6.07, 6.45) is 0. The van der Waals surface area contributed by atoms with Crippen LogP contribution >= 0.6 is 27.3 Å². The van der Waals surface area contributed by atoms with Gasteiger partial charge in [-0.2, -0.15) is 5.26 Å². The molecule has 1 atom stereocenters. The summed E-state index contributed by atoms with van der Waals surface area (Å²) in [4.78, 5) is 1.29. The maximum Gasteiger partial charge on any atom is 0.0701 e. The number of nitriles is 1. The third kappa shape index (κ3) is 4.33. The van der Waals surface area contributed by atoms with Gasteiger partial charge in [0.25, 0.3) is 0 Å². The summed E-state index contributed by atoms with van der Waals surface area (Å²) in [5.74, 6) is 0.519. The lowest BCUT2D eigenvalue weighted by molar-refractivity contribution is 0.443. The maximum atomic E-state index is 8.90. The highest BCUT2D eigenvalue weighted by molar-refractivity contribution is 9.11. The molecule has 1 N–H and O–H groups in total. The van der Waals surface area contributed by atoms with Gasteiger partial charge in [0.05, 0.1) is 15.8 Å². The molecule has 0 aliphatic carbocycles. The second kappa shape index (κ2) is 6.26. The van der Waals surface area contributed by atoms with Crippen molar-refractivity contribution in [1.82, 2.24) is 5.32 Å². The second-order valence-corrected chi connectivity index (χ2v) is 6.36. The molecule has 1 unspecified atom stereocenters. The number of hydrogen-bond donors (Lipinski definition) is 1. The number of nitrogens with one attached hydrogen (secondary N) is 1. The predicted molar refractivity (Wildman–Crippen MR) is 67.7 cm³/mol. The van der Waals surface area contributed by atoms with Gasteiger partial charge in [-0.25, -0.2) is 0 Å². The van der Waals surface area contributed by atoms with Gasteiger partial charge in [-0.05, 0) is 34.0 Å². The number of halogens is 1. The van der Waals surface area contributed by atoms with E-state index in [0.717, 1.165) is 16.9 Å². The van der Waals surface area contributed by atoms with Crippen LogP contribution in [-0.4, -0.2) is 6.54 Å². The highest BCUT2D eigenvalue weighted by Gasteiger charge is 2.11. The molecule has 0 bridgehead atoms. The van der Waals surface area contributed by atoms with E-state index >= 15 is 0 Å². The summed E-state index contributed by atoms with van der Waals surface area (Å²) in [6, 6.07) is 6.47. The third-order valence-electron chi connectivity index (χ3n) is 2.26. The van der Waals surface area contributed by atoms with E-state index in [1.54, 1.807) is 11.3 Å². The first-order chi connectivity index (χ1) is 7.13. The molecule has 1 rings (SSSR count). The van der Waals surface area contributed by atoms with Crippen molar-refractivity contribution < 1.29 is 0 Å². The molecular formula is C11H15BrN2S. The Hall–Kier alpha value is -0.370. The van der Waals surface area contributed by atoms with Crippen molar-refractivity contribution in [1.29, 1.82) is 5.26 Å². The van der Waals surface area contributed by atoms with Gasteiger partial charge in [0.2, 0.25) is 0 Å². The third-order valence-corrected chi connectivity index (χ3v) is 3.89. The molecular weight excluding hydrogens is 272 g/mol. The Bertz CT molecular complexity index is 341. The smallest absolute Gasteiger partial charge is 0.0701 e. The number of nitrogens with zero attached hydrogens (tertiary/aromatic N) is 1. The van der Waals surface area contributed by atoms with Gasteiger partial charge in [-0.1, -0.05) is 13.8 Å². The van der Waals surface area contributed by atoms with Gasteiger partial charge >= 0.3 is 0 Å². The van der Waals surface area contributed by atoms with E-state index in [1.165, 1.54) is 4.88 Å². The zero-order chi connectivity index (χ0) is 11.3. The fourth-order valence-corrected chi connectivity index (χ4v) is 2.68. The Morgan fingerprint density at radius 1 is 1.53 bits per heavy atom. The Balaban J connectivity index is 2.30. The highest BCUT2D eigenvalue weighted by Crippen LogP contribution is 2.21. The van der Waals surface area contributed by atoms with Gasteiger partial charge < -0.3 is 5.32 Å². The average molecular weight is 287 g/mol. The van der Waals surface area contributed by atoms with Crippen molar-refractivity contribution in [2.24, 2.45) is 11.8 Å². The van der Waals surface area contributed by atoms with E-state index in [4.69, 9.17) is 5.26 Å². The first-order valence-corrected chi connectivity index (χ1v) is 6.59. The summed E-state index contributed by atoms with van der Waals surface area (Å²) >= 11 is 5.15. The van der Waals surface area contributed by atoms with Crippen molar-refractivity contribution >= 4 is 27.3 Å². The topological polar surface area (TPSA) is 35.8 Å². The molecule has 0 saturated heterocycles. The van der Waals surface area contributed by atoms with E-state index in [1.807, 2.05) is 6.07 Å². The first-order valence-electron chi connectivity index (χ1n) is 4.98. The van der Waals surface area contributed by atoms with Crippen LogP contribution in [0, 0.1) is 23.2 Å². The largest absolute Gasteiger partial charge is 0.311 e. The Morgan fingerprint density at radius 2 is 2.27 bits per heavy atom. The van der Waals surface area contributed by atoms with Crippen molar-refractivity contribution in [3.8, 4) is 6.07 Å². The SMILES string of the molecule is CC(C)C(C#N)CNCc1ccc(Br)s1. The zero-order valence-electron chi connectivity index (χ0n) is 8.96. The standard InChI is InChI=1S/C11H15BrN2S/c1-8(2)9(5-13)6-14-7-10-3-4-11(12)15-10/h3-4,8-9,14H,6-7H2,1-2H3. The number of hydrogen-bond acceptors (Lipinski definition) is 3. The summed E-state index contributed by atoms with van der Waals surface area (Å²) in [7, 11) is 0. The van der Waals surface area contributed by atoms with Crippen LogP contribution < -0.4 is 5.32 Å². The maximum absolute atomic E-state index is 8.90. The van der Waals surface area contributed by atoms with Crippen LogP contribution in [0.25, 0.3) is 0 Å². The second-order valence-electron chi connectivity index (χ2n) is 3.82. The van der Waals surface area contributed by atoms with Crippen LogP contribution in [0.3, 0.4) is 0 Å².